The maximum Gasteiger partial charge on any atom is 0.106 e. The van der Waals surface area contributed by atoms with Crippen LogP contribution in [0.1, 0.15) is 110 Å². The van der Waals surface area contributed by atoms with Crippen LogP contribution in [0.15, 0.2) is 29.4 Å². The fraction of sp³-hybridized carbons (Fsp3) is 0.808. The summed E-state index contributed by atoms with van der Waals surface area (Å²) in [6.07, 6.45) is 24.9. The lowest BCUT2D eigenvalue weighted by molar-refractivity contribution is 0.343. The van der Waals surface area contributed by atoms with E-state index in [1.54, 1.807) is 10.8 Å². The number of hydrogen-bond donors (Lipinski definition) is 0. The molecule has 0 aliphatic carbocycles. The van der Waals surface area contributed by atoms with Gasteiger partial charge in [0.2, 0.25) is 0 Å². The van der Waals surface area contributed by atoms with E-state index in [4.69, 9.17) is 0 Å². The number of rotatable bonds is 22. The zero-order valence-electron chi connectivity index (χ0n) is 20.0. The lowest BCUT2D eigenvalue weighted by Crippen LogP contribution is -2.22. The average Bonchev–Trinajstić information content (AvgIpc) is 2.77. The minimum Gasteiger partial charge on any atom is -0.306 e. The molecule has 2 nitrogen and oxygen atoms in total. The molecule has 0 aliphatic rings. The molecule has 0 amide bonds. The number of nitrogens with zero attached hydrogens (tertiary/aromatic N) is 2. The summed E-state index contributed by atoms with van der Waals surface area (Å²) in [4.78, 5) is 6.83. The molecule has 1 aromatic heterocycles. The van der Waals surface area contributed by atoms with Crippen molar-refractivity contribution in [2.24, 2.45) is 0 Å². The van der Waals surface area contributed by atoms with Gasteiger partial charge in [0.25, 0.3) is 0 Å². The second-order valence-electron chi connectivity index (χ2n) is 8.68. The van der Waals surface area contributed by atoms with Crippen molar-refractivity contribution in [2.45, 2.75) is 115 Å². The van der Waals surface area contributed by atoms with E-state index >= 15 is 0 Å². The molecule has 0 aliphatic heterocycles. The predicted molar refractivity (Wildman–Crippen MR) is 140 cm³/mol. The first-order valence-electron chi connectivity index (χ1n) is 12.7. The molecule has 30 heavy (non-hydrogen) atoms. The third-order valence-corrected chi connectivity index (χ3v) is 7.98. The fourth-order valence-electron chi connectivity index (χ4n) is 3.73. The molecule has 1 rings (SSSR count). The topological polar surface area (TPSA) is 16.1 Å². The highest BCUT2D eigenvalue weighted by Crippen LogP contribution is 2.28. The van der Waals surface area contributed by atoms with Gasteiger partial charge in [-0.15, -0.1) is 0 Å². The second kappa shape index (κ2) is 22.0. The summed E-state index contributed by atoms with van der Waals surface area (Å²) in [6.45, 7) is 4.71. The first kappa shape index (κ1) is 27.8. The Balaban J connectivity index is 1.73. The van der Waals surface area contributed by atoms with E-state index in [9.17, 15) is 0 Å². The molecule has 4 heteroatoms. The number of pyridine rings is 1. The Morgan fingerprint density at radius 3 is 1.73 bits per heavy atom. The third kappa shape index (κ3) is 18.6. The van der Waals surface area contributed by atoms with Crippen LogP contribution in [0.4, 0.5) is 0 Å². The van der Waals surface area contributed by atoms with Gasteiger partial charge in [-0.05, 0) is 42.9 Å². The van der Waals surface area contributed by atoms with Crippen molar-refractivity contribution in [3.05, 3.63) is 24.4 Å². The van der Waals surface area contributed by atoms with E-state index in [1.807, 2.05) is 23.1 Å². The van der Waals surface area contributed by atoms with Crippen LogP contribution < -0.4 is 0 Å². The van der Waals surface area contributed by atoms with Crippen LogP contribution in [-0.4, -0.2) is 35.8 Å². The molecular formula is C26H48N2S2. The molecule has 1 heterocycles. The van der Waals surface area contributed by atoms with Crippen molar-refractivity contribution < 1.29 is 0 Å². The molecule has 0 saturated heterocycles. The number of aromatic nitrogens is 1. The second-order valence-corrected chi connectivity index (χ2v) is 11.1. The quantitative estimate of drug-likeness (QED) is 0.129. The van der Waals surface area contributed by atoms with Gasteiger partial charge in [-0.3, -0.25) is 0 Å². The largest absolute Gasteiger partial charge is 0.306 e. The van der Waals surface area contributed by atoms with Crippen molar-refractivity contribution in [1.82, 2.24) is 9.88 Å². The molecule has 0 radical (unpaired) electrons. The number of hydrogen-bond acceptors (Lipinski definition) is 4. The van der Waals surface area contributed by atoms with Crippen LogP contribution in [0.5, 0.6) is 0 Å². The molecular weight excluding hydrogens is 404 g/mol. The summed E-state index contributed by atoms with van der Waals surface area (Å²) in [5.74, 6) is 1.16. The molecule has 0 N–H and O–H groups in total. The summed E-state index contributed by atoms with van der Waals surface area (Å²) in [5.41, 5.74) is 0. The van der Waals surface area contributed by atoms with Crippen molar-refractivity contribution in [2.75, 3.05) is 25.9 Å². The maximum absolute atomic E-state index is 4.35. The summed E-state index contributed by atoms with van der Waals surface area (Å²) < 4.78 is 0. The van der Waals surface area contributed by atoms with Gasteiger partial charge in [-0.2, -0.15) is 0 Å². The Hall–Kier alpha value is -0.190. The van der Waals surface area contributed by atoms with Gasteiger partial charge in [-0.1, -0.05) is 120 Å². The maximum atomic E-state index is 4.35. The summed E-state index contributed by atoms with van der Waals surface area (Å²) in [7, 11) is 5.96. The van der Waals surface area contributed by atoms with Gasteiger partial charge in [-0.25, -0.2) is 4.98 Å². The standard InChI is InChI=1S/C26H48N2S2/c1-3-4-5-6-7-8-9-10-11-12-13-14-15-16-17-20-23-28(2)24-25-29-30-26-21-18-19-22-27-26/h18-19,21-22H,3-17,20,23-25H2,1-2H3. The zero-order valence-corrected chi connectivity index (χ0v) is 21.6. The van der Waals surface area contributed by atoms with Crippen LogP contribution in [0.3, 0.4) is 0 Å². The lowest BCUT2D eigenvalue weighted by Gasteiger charge is -2.15. The molecule has 0 spiro atoms. The highest BCUT2D eigenvalue weighted by Gasteiger charge is 2.00. The van der Waals surface area contributed by atoms with Crippen LogP contribution >= 0.6 is 21.6 Å². The van der Waals surface area contributed by atoms with Crippen LogP contribution in [0, 0.1) is 0 Å². The Bertz CT molecular complexity index is 456. The summed E-state index contributed by atoms with van der Waals surface area (Å²) >= 11 is 0. The van der Waals surface area contributed by atoms with Gasteiger partial charge < -0.3 is 4.90 Å². The van der Waals surface area contributed by atoms with E-state index in [-0.39, 0.29) is 0 Å². The Morgan fingerprint density at radius 1 is 0.700 bits per heavy atom. The predicted octanol–water partition coefficient (Wildman–Crippen LogP) is 9.02. The van der Waals surface area contributed by atoms with Gasteiger partial charge in [0.05, 0.1) is 0 Å². The molecule has 1 aromatic rings. The zero-order chi connectivity index (χ0) is 21.5. The Morgan fingerprint density at radius 2 is 1.23 bits per heavy atom. The minimum atomic E-state index is 1.11. The molecule has 0 bridgehead atoms. The molecule has 0 aromatic carbocycles. The first-order chi connectivity index (χ1) is 14.8. The van der Waals surface area contributed by atoms with Crippen molar-refractivity contribution >= 4 is 21.6 Å². The third-order valence-electron chi connectivity index (χ3n) is 5.73. The highest BCUT2D eigenvalue weighted by molar-refractivity contribution is 8.76. The van der Waals surface area contributed by atoms with E-state index < -0.39 is 0 Å². The van der Waals surface area contributed by atoms with E-state index in [1.165, 1.54) is 116 Å². The van der Waals surface area contributed by atoms with Gasteiger partial charge >= 0.3 is 0 Å². The van der Waals surface area contributed by atoms with Crippen LogP contribution in [0.2, 0.25) is 0 Å². The summed E-state index contributed by atoms with van der Waals surface area (Å²) in [5, 5.41) is 1.11. The summed E-state index contributed by atoms with van der Waals surface area (Å²) in [6, 6.07) is 6.11. The van der Waals surface area contributed by atoms with Crippen molar-refractivity contribution in [1.29, 1.82) is 0 Å². The van der Waals surface area contributed by atoms with Gasteiger partial charge in [0, 0.05) is 18.5 Å². The highest BCUT2D eigenvalue weighted by atomic mass is 33.1. The lowest BCUT2D eigenvalue weighted by atomic mass is 10.0. The molecule has 0 fully saturated rings. The Kier molecular flexibility index (Phi) is 20.4. The van der Waals surface area contributed by atoms with Gasteiger partial charge in [0.15, 0.2) is 0 Å². The van der Waals surface area contributed by atoms with Crippen molar-refractivity contribution in [3.63, 3.8) is 0 Å². The molecule has 0 saturated carbocycles. The molecule has 0 atom stereocenters. The first-order valence-corrected chi connectivity index (χ1v) is 15.0. The molecule has 174 valence electrons. The van der Waals surface area contributed by atoms with Crippen molar-refractivity contribution in [3.8, 4) is 0 Å². The monoisotopic (exact) mass is 452 g/mol. The van der Waals surface area contributed by atoms with Crippen LogP contribution in [-0.2, 0) is 0 Å². The van der Waals surface area contributed by atoms with E-state index in [0.717, 1.165) is 10.8 Å². The Labute approximate surface area is 196 Å². The fourth-order valence-corrected chi connectivity index (χ4v) is 5.69. The van der Waals surface area contributed by atoms with E-state index in [0.29, 0.717) is 0 Å². The average molecular weight is 453 g/mol. The minimum absolute atomic E-state index is 1.11. The van der Waals surface area contributed by atoms with Crippen LogP contribution in [0.25, 0.3) is 0 Å². The van der Waals surface area contributed by atoms with E-state index in [2.05, 4.69) is 36.0 Å². The number of unbranched alkanes of at least 4 members (excludes halogenated alkanes) is 15. The van der Waals surface area contributed by atoms with Gasteiger partial charge in [0.1, 0.15) is 5.03 Å². The smallest absolute Gasteiger partial charge is 0.106 e. The SMILES string of the molecule is CCCCCCCCCCCCCCCCCCN(C)CCSSc1ccccn1. The normalized spacial score (nSPS) is 11.4. The molecule has 0 unspecified atom stereocenters.